The third-order valence-corrected chi connectivity index (χ3v) is 3.89. The van der Waals surface area contributed by atoms with Crippen molar-refractivity contribution in [2.24, 2.45) is 0 Å². The van der Waals surface area contributed by atoms with Crippen molar-refractivity contribution in [2.45, 2.75) is 19.5 Å². The Morgan fingerprint density at radius 1 is 1.26 bits per heavy atom. The highest BCUT2D eigenvalue weighted by molar-refractivity contribution is 5.92. The minimum atomic E-state index is -2.73. The molecule has 124 valence electrons. The lowest BCUT2D eigenvalue weighted by Gasteiger charge is -2.21. The maximum Gasteiger partial charge on any atom is 0.333 e. The van der Waals surface area contributed by atoms with Crippen molar-refractivity contribution in [2.75, 3.05) is 26.2 Å². The lowest BCUT2D eigenvalue weighted by Crippen LogP contribution is -2.35. The smallest absolute Gasteiger partial charge is 0.333 e. The van der Waals surface area contributed by atoms with Crippen molar-refractivity contribution in [3.8, 4) is 0 Å². The molecule has 3 rings (SSSR count). The van der Waals surface area contributed by atoms with Crippen LogP contribution in [-0.2, 0) is 6.54 Å². The van der Waals surface area contributed by atoms with Gasteiger partial charge >= 0.3 is 6.55 Å². The average Bonchev–Trinajstić information content (AvgIpc) is 3.16. The fourth-order valence-electron chi connectivity index (χ4n) is 2.70. The maximum absolute atomic E-state index is 12.5. The Morgan fingerprint density at radius 2 is 2.13 bits per heavy atom. The maximum atomic E-state index is 12.5. The first kappa shape index (κ1) is 15.7. The van der Waals surface area contributed by atoms with E-state index in [1.54, 1.807) is 17.4 Å². The predicted molar refractivity (Wildman–Crippen MR) is 78.0 cm³/mol. The van der Waals surface area contributed by atoms with Gasteiger partial charge in [-0.25, -0.2) is 4.68 Å². The molecule has 0 saturated carbocycles. The second kappa shape index (κ2) is 6.91. The molecule has 0 N–H and O–H groups in total. The van der Waals surface area contributed by atoms with Gasteiger partial charge in [0, 0.05) is 44.5 Å². The second-order valence-corrected chi connectivity index (χ2v) is 5.51. The molecule has 0 aromatic carbocycles. The molecule has 0 spiro atoms. The van der Waals surface area contributed by atoms with Crippen LogP contribution in [0.4, 0.5) is 8.78 Å². The van der Waals surface area contributed by atoms with E-state index >= 15 is 0 Å². The van der Waals surface area contributed by atoms with Gasteiger partial charge in [-0.05, 0) is 18.6 Å². The standard InChI is InChI=1S/C15H18F2N4O2/c16-15(17)21-6-2-13(18-21)14(22)20-5-1-4-19(7-8-20)10-12-3-9-23-11-12/h2-3,6,9,11,15H,1,4-5,7-8,10H2. The highest BCUT2D eigenvalue weighted by Crippen LogP contribution is 2.13. The van der Waals surface area contributed by atoms with Crippen LogP contribution in [0.1, 0.15) is 29.0 Å². The number of halogens is 2. The number of alkyl halides is 2. The zero-order valence-corrected chi connectivity index (χ0v) is 12.6. The molecule has 1 amide bonds. The van der Waals surface area contributed by atoms with Crippen molar-refractivity contribution in [3.63, 3.8) is 0 Å². The van der Waals surface area contributed by atoms with Gasteiger partial charge in [-0.15, -0.1) is 0 Å². The minimum Gasteiger partial charge on any atom is -0.472 e. The summed E-state index contributed by atoms with van der Waals surface area (Å²) in [5.74, 6) is -0.297. The van der Waals surface area contributed by atoms with Gasteiger partial charge < -0.3 is 9.32 Å². The molecule has 2 aromatic rings. The van der Waals surface area contributed by atoms with Crippen LogP contribution in [0.3, 0.4) is 0 Å². The SMILES string of the molecule is O=C(c1ccn(C(F)F)n1)N1CCCN(Cc2ccoc2)CC1. The van der Waals surface area contributed by atoms with E-state index in [9.17, 15) is 13.6 Å². The molecular weight excluding hydrogens is 306 g/mol. The van der Waals surface area contributed by atoms with E-state index in [0.29, 0.717) is 17.8 Å². The molecule has 0 radical (unpaired) electrons. The van der Waals surface area contributed by atoms with Crippen LogP contribution in [0.2, 0.25) is 0 Å². The molecule has 8 heteroatoms. The molecule has 1 aliphatic heterocycles. The summed E-state index contributed by atoms with van der Waals surface area (Å²) in [6.07, 6.45) is 5.31. The van der Waals surface area contributed by atoms with E-state index in [0.717, 1.165) is 37.8 Å². The van der Waals surface area contributed by atoms with Gasteiger partial charge in [0.2, 0.25) is 0 Å². The first-order chi connectivity index (χ1) is 11.1. The van der Waals surface area contributed by atoms with Crippen molar-refractivity contribution in [1.29, 1.82) is 0 Å². The van der Waals surface area contributed by atoms with E-state index in [1.807, 2.05) is 6.07 Å². The average molecular weight is 324 g/mol. The van der Waals surface area contributed by atoms with E-state index in [4.69, 9.17) is 4.42 Å². The lowest BCUT2D eigenvalue weighted by atomic mass is 10.3. The molecule has 1 saturated heterocycles. The largest absolute Gasteiger partial charge is 0.472 e. The highest BCUT2D eigenvalue weighted by Gasteiger charge is 2.23. The number of hydrogen-bond acceptors (Lipinski definition) is 4. The summed E-state index contributed by atoms with van der Waals surface area (Å²) in [6, 6.07) is 3.26. The van der Waals surface area contributed by atoms with Crippen molar-refractivity contribution < 1.29 is 18.0 Å². The van der Waals surface area contributed by atoms with Crippen LogP contribution >= 0.6 is 0 Å². The molecule has 2 aromatic heterocycles. The fraction of sp³-hybridized carbons (Fsp3) is 0.467. The molecular formula is C15H18F2N4O2. The molecule has 6 nitrogen and oxygen atoms in total. The summed E-state index contributed by atoms with van der Waals surface area (Å²) < 4.78 is 30.6. The summed E-state index contributed by atoms with van der Waals surface area (Å²) in [5.41, 5.74) is 1.16. The van der Waals surface area contributed by atoms with Crippen LogP contribution in [0.15, 0.2) is 35.3 Å². The predicted octanol–water partition coefficient (Wildman–Crippen LogP) is 2.22. The van der Waals surface area contributed by atoms with E-state index in [1.165, 1.54) is 6.07 Å². The Labute approximate surface area is 132 Å². The third-order valence-electron chi connectivity index (χ3n) is 3.89. The summed E-state index contributed by atoms with van der Waals surface area (Å²) in [4.78, 5) is 16.3. The lowest BCUT2D eigenvalue weighted by molar-refractivity contribution is 0.0552. The van der Waals surface area contributed by atoms with Crippen LogP contribution in [0, 0.1) is 0 Å². The van der Waals surface area contributed by atoms with E-state index < -0.39 is 6.55 Å². The number of furan rings is 1. The number of aromatic nitrogens is 2. The first-order valence-electron chi connectivity index (χ1n) is 7.49. The van der Waals surface area contributed by atoms with Crippen molar-refractivity contribution in [3.05, 3.63) is 42.1 Å². The van der Waals surface area contributed by atoms with Gasteiger partial charge in [-0.1, -0.05) is 0 Å². The zero-order chi connectivity index (χ0) is 16.2. The topological polar surface area (TPSA) is 54.5 Å². The number of carbonyl (C=O) groups is 1. The van der Waals surface area contributed by atoms with Crippen LogP contribution < -0.4 is 0 Å². The quantitative estimate of drug-likeness (QED) is 0.865. The monoisotopic (exact) mass is 324 g/mol. The van der Waals surface area contributed by atoms with Gasteiger partial charge in [-0.2, -0.15) is 13.9 Å². The fourth-order valence-corrected chi connectivity index (χ4v) is 2.70. The number of hydrogen-bond donors (Lipinski definition) is 0. The third kappa shape index (κ3) is 3.76. The number of carbonyl (C=O) groups excluding carboxylic acids is 1. The van der Waals surface area contributed by atoms with Crippen LogP contribution in [0.5, 0.6) is 0 Å². The van der Waals surface area contributed by atoms with Gasteiger partial charge in [0.05, 0.1) is 12.5 Å². The summed E-state index contributed by atoms with van der Waals surface area (Å²) in [5, 5.41) is 3.64. The van der Waals surface area contributed by atoms with Gasteiger partial charge in [-0.3, -0.25) is 9.69 Å². The molecule has 0 unspecified atom stereocenters. The van der Waals surface area contributed by atoms with Gasteiger partial charge in [0.15, 0.2) is 5.69 Å². The molecule has 3 heterocycles. The molecule has 0 atom stereocenters. The summed E-state index contributed by atoms with van der Waals surface area (Å²) in [7, 11) is 0. The van der Waals surface area contributed by atoms with E-state index in [2.05, 4.69) is 10.00 Å². The van der Waals surface area contributed by atoms with Gasteiger partial charge in [0.25, 0.3) is 5.91 Å². The number of rotatable bonds is 4. The molecule has 1 fully saturated rings. The molecule has 0 aliphatic carbocycles. The Bertz CT molecular complexity index is 642. The normalized spacial score (nSPS) is 16.7. The number of amides is 1. The summed E-state index contributed by atoms with van der Waals surface area (Å²) in [6.45, 7) is 0.803. The Hall–Kier alpha value is -2.22. The Balaban J connectivity index is 1.59. The van der Waals surface area contributed by atoms with E-state index in [-0.39, 0.29) is 11.6 Å². The number of nitrogens with zero attached hydrogens (tertiary/aromatic N) is 4. The molecule has 0 bridgehead atoms. The molecule has 1 aliphatic rings. The Kier molecular flexibility index (Phi) is 4.71. The summed E-state index contributed by atoms with van der Waals surface area (Å²) >= 11 is 0. The Morgan fingerprint density at radius 3 is 2.83 bits per heavy atom. The van der Waals surface area contributed by atoms with Crippen molar-refractivity contribution >= 4 is 5.91 Å². The van der Waals surface area contributed by atoms with Crippen LogP contribution in [-0.4, -0.2) is 51.7 Å². The van der Waals surface area contributed by atoms with Crippen LogP contribution in [0.25, 0.3) is 0 Å². The minimum absolute atomic E-state index is 0.0635. The van der Waals surface area contributed by atoms with Crippen molar-refractivity contribution in [1.82, 2.24) is 19.6 Å². The highest BCUT2D eigenvalue weighted by atomic mass is 19.3. The first-order valence-corrected chi connectivity index (χ1v) is 7.49. The second-order valence-electron chi connectivity index (χ2n) is 5.51. The zero-order valence-electron chi connectivity index (χ0n) is 12.6. The molecule has 23 heavy (non-hydrogen) atoms. The van der Waals surface area contributed by atoms with Gasteiger partial charge in [0.1, 0.15) is 0 Å².